The molecular weight excluding hydrogens is 432 g/mol. The number of ether oxygens (including phenoxy) is 1. The van der Waals surface area contributed by atoms with Crippen molar-refractivity contribution in [3.63, 3.8) is 0 Å². The van der Waals surface area contributed by atoms with Crippen LogP contribution in [0, 0.1) is 10.8 Å². The minimum atomic E-state index is -2.24. The highest BCUT2D eigenvalue weighted by Gasteiger charge is 2.66. The van der Waals surface area contributed by atoms with Gasteiger partial charge in [0.15, 0.2) is 11.4 Å². The zero-order valence-electron chi connectivity index (χ0n) is 20.7. The number of aliphatic hydroxyl groups excluding tert-OH is 1. The molecule has 182 valence electrons. The van der Waals surface area contributed by atoms with E-state index in [0.717, 1.165) is 18.4 Å². The Kier molecular flexibility index (Phi) is 5.60. The molecule has 0 bridgehead atoms. The fraction of sp³-hybridized carbons (Fsp3) is 0.500. The quantitative estimate of drug-likeness (QED) is 0.418. The summed E-state index contributed by atoms with van der Waals surface area (Å²) in [5.74, 6) is -0.989. The average Bonchev–Trinajstić information content (AvgIpc) is 2.72. The second-order valence-corrected chi connectivity index (χ2v) is 10.7. The van der Waals surface area contributed by atoms with Gasteiger partial charge in [-0.15, -0.1) is 0 Å². The SMILES string of the molecule is C=C1C2=C(O)[C@@]3(O)C(=O)C(C(C)=O)=C(C)C[C@@]3(C)C[C@@]2(C)Cc2c(OCCCC)ccc(O)c21. The number of unbranched alkanes of at least 4 members (excludes halogenated alkanes) is 1. The number of carbonyl (C=O) groups is 2. The van der Waals surface area contributed by atoms with Crippen LogP contribution in [-0.2, 0) is 16.0 Å². The molecule has 1 aromatic carbocycles. The van der Waals surface area contributed by atoms with E-state index >= 15 is 0 Å². The first-order valence-electron chi connectivity index (χ1n) is 11.9. The molecule has 34 heavy (non-hydrogen) atoms. The maximum atomic E-state index is 13.5. The van der Waals surface area contributed by atoms with Crippen molar-refractivity contribution in [2.75, 3.05) is 6.61 Å². The van der Waals surface area contributed by atoms with Crippen molar-refractivity contribution in [1.29, 1.82) is 0 Å². The molecule has 1 aromatic rings. The van der Waals surface area contributed by atoms with E-state index in [1.54, 1.807) is 26.0 Å². The summed E-state index contributed by atoms with van der Waals surface area (Å²) in [5.41, 5.74) is -1.36. The van der Waals surface area contributed by atoms with Crippen molar-refractivity contribution < 1.29 is 29.6 Å². The van der Waals surface area contributed by atoms with Crippen LogP contribution in [0.25, 0.3) is 5.57 Å². The number of allylic oxidation sites excluding steroid dienone is 3. The third-order valence-electron chi connectivity index (χ3n) is 8.00. The molecule has 0 radical (unpaired) electrons. The standard InChI is InChI=1S/C28H34O6/c1-7-8-11-34-20-10-9-19(30)22-16(3)23-25(32)28(33)24(31)21(17(4)29)15(2)12-27(28,6)14-26(23,5)13-18(20)22/h9-10,30,32-33H,3,7-8,11-14H2,1-2,4-6H3/t26-,27+,28+/m1/s1. The molecule has 0 amide bonds. The number of carbonyl (C=O) groups excluding carboxylic acids is 2. The van der Waals surface area contributed by atoms with Gasteiger partial charge in [-0.25, -0.2) is 0 Å². The van der Waals surface area contributed by atoms with E-state index < -0.39 is 33.8 Å². The van der Waals surface area contributed by atoms with Crippen molar-refractivity contribution >= 4 is 17.1 Å². The van der Waals surface area contributed by atoms with Crippen molar-refractivity contribution in [2.24, 2.45) is 10.8 Å². The van der Waals surface area contributed by atoms with Gasteiger partial charge in [0.2, 0.25) is 5.78 Å². The number of ketones is 2. The number of aliphatic hydroxyl groups is 2. The lowest BCUT2D eigenvalue weighted by Crippen LogP contribution is -2.63. The number of fused-ring (bicyclic) bond motifs is 3. The van der Waals surface area contributed by atoms with Gasteiger partial charge >= 0.3 is 0 Å². The number of phenols is 1. The van der Waals surface area contributed by atoms with Crippen molar-refractivity contribution in [2.45, 2.75) is 72.3 Å². The molecule has 0 saturated heterocycles. The van der Waals surface area contributed by atoms with Crippen LogP contribution >= 0.6 is 0 Å². The molecule has 4 rings (SSSR count). The lowest BCUT2D eigenvalue weighted by atomic mass is 9.47. The minimum Gasteiger partial charge on any atom is -0.508 e. The number of hydrogen-bond donors (Lipinski definition) is 3. The Balaban J connectivity index is 1.93. The van der Waals surface area contributed by atoms with E-state index in [9.17, 15) is 24.9 Å². The minimum absolute atomic E-state index is 0.000604. The zero-order valence-corrected chi connectivity index (χ0v) is 20.7. The molecule has 6 nitrogen and oxygen atoms in total. The fourth-order valence-corrected chi connectivity index (χ4v) is 6.67. The highest BCUT2D eigenvalue weighted by Crippen LogP contribution is 2.64. The lowest BCUT2D eigenvalue weighted by molar-refractivity contribution is -0.157. The molecule has 3 N–H and O–H groups in total. The molecule has 3 atom stereocenters. The van der Waals surface area contributed by atoms with Gasteiger partial charge in [0.25, 0.3) is 0 Å². The second-order valence-electron chi connectivity index (χ2n) is 10.7. The average molecular weight is 467 g/mol. The number of Topliss-reactive ketones (excluding diaryl/α,β-unsaturated/α-hetero) is 2. The molecule has 3 aliphatic rings. The summed E-state index contributed by atoms with van der Waals surface area (Å²) < 4.78 is 6.05. The summed E-state index contributed by atoms with van der Waals surface area (Å²) in [6.07, 6.45) is 3.02. The molecule has 0 fully saturated rings. The number of phenolic OH excluding ortho intramolecular Hbond substituents is 1. The van der Waals surface area contributed by atoms with E-state index in [1.807, 2.05) is 6.92 Å². The molecule has 6 heteroatoms. The maximum absolute atomic E-state index is 13.5. The number of hydrogen-bond acceptors (Lipinski definition) is 6. The molecule has 0 saturated carbocycles. The van der Waals surface area contributed by atoms with Crippen LogP contribution in [-0.4, -0.2) is 39.1 Å². The zero-order chi connectivity index (χ0) is 25.2. The topological polar surface area (TPSA) is 104 Å². The van der Waals surface area contributed by atoms with E-state index in [-0.39, 0.29) is 11.3 Å². The largest absolute Gasteiger partial charge is 0.508 e. The van der Waals surface area contributed by atoms with Gasteiger partial charge < -0.3 is 20.1 Å². The van der Waals surface area contributed by atoms with Gasteiger partial charge in [0.05, 0.1) is 12.2 Å². The first-order valence-corrected chi connectivity index (χ1v) is 11.9. The van der Waals surface area contributed by atoms with Crippen LogP contribution in [0.1, 0.15) is 71.4 Å². The maximum Gasteiger partial charge on any atom is 0.206 e. The summed E-state index contributed by atoms with van der Waals surface area (Å²) in [5, 5.41) is 34.1. The predicted octanol–water partition coefficient (Wildman–Crippen LogP) is 4.98. The van der Waals surface area contributed by atoms with Crippen molar-refractivity contribution in [1.82, 2.24) is 0 Å². The summed E-state index contributed by atoms with van der Waals surface area (Å²) in [6.45, 7) is 13.6. The van der Waals surface area contributed by atoms with Gasteiger partial charge in [-0.2, -0.15) is 0 Å². The van der Waals surface area contributed by atoms with E-state index in [0.29, 0.717) is 53.9 Å². The molecule has 3 aliphatic carbocycles. The highest BCUT2D eigenvalue weighted by molar-refractivity contribution is 6.24. The fourth-order valence-electron chi connectivity index (χ4n) is 6.67. The Hall–Kier alpha value is -2.86. The van der Waals surface area contributed by atoms with Crippen LogP contribution < -0.4 is 4.74 Å². The smallest absolute Gasteiger partial charge is 0.206 e. The Morgan fingerprint density at radius 2 is 1.88 bits per heavy atom. The third kappa shape index (κ3) is 3.11. The van der Waals surface area contributed by atoms with Crippen LogP contribution in [0.3, 0.4) is 0 Å². The lowest BCUT2D eigenvalue weighted by Gasteiger charge is -2.57. The van der Waals surface area contributed by atoms with Crippen LogP contribution in [0.2, 0.25) is 0 Å². The first-order chi connectivity index (χ1) is 15.8. The predicted molar refractivity (Wildman–Crippen MR) is 130 cm³/mol. The van der Waals surface area contributed by atoms with Crippen molar-refractivity contribution in [3.8, 4) is 11.5 Å². The summed E-state index contributed by atoms with van der Waals surface area (Å²) in [6, 6.07) is 3.30. The normalized spacial score (nSPS) is 30.6. The molecular formula is C28H34O6. The van der Waals surface area contributed by atoms with E-state index in [4.69, 9.17) is 4.74 Å². The van der Waals surface area contributed by atoms with Crippen LogP contribution in [0.4, 0.5) is 0 Å². The number of rotatable bonds is 5. The second kappa shape index (κ2) is 7.84. The Labute approximate surface area is 200 Å². The highest BCUT2D eigenvalue weighted by atomic mass is 16.5. The van der Waals surface area contributed by atoms with Crippen molar-refractivity contribution in [3.05, 3.63) is 52.3 Å². The van der Waals surface area contributed by atoms with Gasteiger partial charge in [-0.3, -0.25) is 9.59 Å². The molecule has 0 heterocycles. The monoisotopic (exact) mass is 466 g/mol. The molecule has 0 aromatic heterocycles. The third-order valence-corrected chi connectivity index (χ3v) is 8.00. The number of benzene rings is 1. The Morgan fingerprint density at radius 1 is 1.21 bits per heavy atom. The van der Waals surface area contributed by atoms with Crippen LogP contribution in [0.5, 0.6) is 11.5 Å². The summed E-state index contributed by atoms with van der Waals surface area (Å²) in [4.78, 5) is 25.8. The molecule has 0 unspecified atom stereocenters. The van der Waals surface area contributed by atoms with Gasteiger partial charge in [0, 0.05) is 27.5 Å². The van der Waals surface area contributed by atoms with Crippen LogP contribution in [0.15, 0.2) is 41.2 Å². The molecule has 0 spiro atoms. The summed E-state index contributed by atoms with van der Waals surface area (Å²) in [7, 11) is 0. The van der Waals surface area contributed by atoms with E-state index in [2.05, 4.69) is 13.5 Å². The Morgan fingerprint density at radius 3 is 2.50 bits per heavy atom. The number of aromatic hydroxyl groups is 1. The van der Waals surface area contributed by atoms with Gasteiger partial charge in [-0.05, 0) is 57.2 Å². The first kappa shape index (κ1) is 24.3. The summed E-state index contributed by atoms with van der Waals surface area (Å²) >= 11 is 0. The van der Waals surface area contributed by atoms with Gasteiger partial charge in [-0.1, -0.05) is 39.3 Å². The van der Waals surface area contributed by atoms with Gasteiger partial charge in [0.1, 0.15) is 17.3 Å². The van der Waals surface area contributed by atoms with E-state index in [1.165, 1.54) is 6.92 Å². The molecule has 0 aliphatic heterocycles. The Bertz CT molecular complexity index is 1190.